The van der Waals surface area contributed by atoms with Crippen LogP contribution in [0.5, 0.6) is 11.5 Å². The number of benzene rings is 3. The summed E-state index contributed by atoms with van der Waals surface area (Å²) in [4.78, 5) is 12.8. The Labute approximate surface area is 201 Å². The van der Waals surface area contributed by atoms with Gasteiger partial charge in [-0.15, -0.1) is 0 Å². The predicted molar refractivity (Wildman–Crippen MR) is 139 cm³/mol. The highest BCUT2D eigenvalue weighted by atomic mass is 16.5. The fraction of sp³-hybridized carbons (Fsp3) is 0.286. The van der Waals surface area contributed by atoms with Gasteiger partial charge in [0.2, 0.25) is 0 Å². The molecule has 1 aliphatic heterocycles. The Morgan fingerprint density at radius 3 is 2.38 bits per heavy atom. The highest BCUT2D eigenvalue weighted by Gasteiger charge is 2.18. The number of hydrogen-bond donors (Lipinski definition) is 4. The van der Waals surface area contributed by atoms with E-state index in [1.54, 1.807) is 6.92 Å². The molecule has 1 saturated heterocycles. The molecule has 1 amide bonds. The maximum Gasteiger partial charge on any atom is 0.251 e. The Hall–Kier alpha value is -3.64. The second kappa shape index (κ2) is 10.5. The SMILES string of the molecule is CNc1cc(Oc2cccc(-c3ccc(C(=O)NC4CCNCC4)c(C)c3)c2)ccc1C(C)=N. The minimum Gasteiger partial charge on any atom is -0.457 e. The van der Waals surface area contributed by atoms with E-state index >= 15 is 0 Å². The monoisotopic (exact) mass is 456 g/mol. The summed E-state index contributed by atoms with van der Waals surface area (Å²) < 4.78 is 6.11. The van der Waals surface area contributed by atoms with Crippen molar-refractivity contribution >= 4 is 17.3 Å². The van der Waals surface area contributed by atoms with Gasteiger partial charge in [0.15, 0.2) is 0 Å². The lowest BCUT2D eigenvalue weighted by Gasteiger charge is -2.24. The van der Waals surface area contributed by atoms with Crippen LogP contribution < -0.4 is 20.7 Å². The average molecular weight is 457 g/mol. The van der Waals surface area contributed by atoms with Gasteiger partial charge < -0.3 is 26.1 Å². The molecule has 1 aliphatic rings. The fourth-order valence-electron chi connectivity index (χ4n) is 4.32. The van der Waals surface area contributed by atoms with Crippen molar-refractivity contribution in [2.24, 2.45) is 0 Å². The van der Waals surface area contributed by atoms with E-state index in [1.807, 2.05) is 68.6 Å². The molecule has 176 valence electrons. The molecule has 1 fully saturated rings. The molecule has 0 atom stereocenters. The maximum absolute atomic E-state index is 12.8. The van der Waals surface area contributed by atoms with Gasteiger partial charge in [-0.3, -0.25) is 4.79 Å². The number of anilines is 1. The van der Waals surface area contributed by atoms with E-state index in [1.165, 1.54) is 0 Å². The number of aryl methyl sites for hydroxylation is 1. The topological polar surface area (TPSA) is 86.2 Å². The van der Waals surface area contributed by atoms with Crippen molar-refractivity contribution in [3.05, 3.63) is 77.4 Å². The summed E-state index contributed by atoms with van der Waals surface area (Å²) in [6.45, 7) is 5.64. The molecule has 0 saturated carbocycles. The second-order valence-corrected chi connectivity index (χ2v) is 8.74. The van der Waals surface area contributed by atoms with Crippen LogP contribution in [-0.2, 0) is 0 Å². The van der Waals surface area contributed by atoms with E-state index in [0.29, 0.717) is 11.5 Å². The lowest BCUT2D eigenvalue weighted by Crippen LogP contribution is -2.42. The van der Waals surface area contributed by atoms with E-state index < -0.39 is 0 Å². The van der Waals surface area contributed by atoms with E-state index in [0.717, 1.165) is 65.2 Å². The van der Waals surface area contributed by atoms with Gasteiger partial charge in [0.05, 0.1) is 0 Å². The van der Waals surface area contributed by atoms with Gasteiger partial charge in [-0.2, -0.15) is 0 Å². The molecule has 0 aromatic heterocycles. The van der Waals surface area contributed by atoms with E-state index in [2.05, 4.69) is 22.0 Å². The first-order valence-corrected chi connectivity index (χ1v) is 11.7. The second-order valence-electron chi connectivity index (χ2n) is 8.74. The van der Waals surface area contributed by atoms with Gasteiger partial charge in [0.1, 0.15) is 11.5 Å². The van der Waals surface area contributed by atoms with Gasteiger partial charge in [-0.05, 0) is 86.8 Å². The number of amides is 1. The number of ether oxygens (including phenoxy) is 1. The number of hydrogen-bond acceptors (Lipinski definition) is 5. The summed E-state index contributed by atoms with van der Waals surface area (Å²) in [7, 11) is 1.84. The first kappa shape index (κ1) is 23.5. The minimum absolute atomic E-state index is 0.00280. The van der Waals surface area contributed by atoms with E-state index in [4.69, 9.17) is 10.1 Å². The Morgan fingerprint density at radius 2 is 1.68 bits per heavy atom. The Morgan fingerprint density at radius 1 is 0.971 bits per heavy atom. The largest absolute Gasteiger partial charge is 0.457 e. The number of nitrogens with one attached hydrogen (secondary N) is 4. The lowest BCUT2D eigenvalue weighted by atomic mass is 9.98. The number of carbonyl (C=O) groups is 1. The van der Waals surface area contributed by atoms with Gasteiger partial charge in [-0.25, -0.2) is 0 Å². The van der Waals surface area contributed by atoms with Crippen LogP contribution in [0.15, 0.2) is 60.7 Å². The van der Waals surface area contributed by atoms with Crippen molar-refractivity contribution in [1.82, 2.24) is 10.6 Å². The van der Waals surface area contributed by atoms with Gasteiger partial charge >= 0.3 is 0 Å². The molecule has 34 heavy (non-hydrogen) atoms. The average Bonchev–Trinajstić information content (AvgIpc) is 2.84. The summed E-state index contributed by atoms with van der Waals surface area (Å²) in [6.07, 6.45) is 1.93. The zero-order chi connectivity index (χ0) is 24.1. The van der Waals surface area contributed by atoms with Crippen molar-refractivity contribution in [3.8, 4) is 22.6 Å². The lowest BCUT2D eigenvalue weighted by molar-refractivity contribution is 0.0929. The zero-order valence-electron chi connectivity index (χ0n) is 20.0. The maximum atomic E-state index is 12.8. The molecule has 1 heterocycles. The molecular formula is C28H32N4O2. The molecule has 6 nitrogen and oxygen atoms in total. The smallest absolute Gasteiger partial charge is 0.251 e. The molecule has 0 aliphatic carbocycles. The van der Waals surface area contributed by atoms with Crippen molar-refractivity contribution in [1.29, 1.82) is 5.41 Å². The summed E-state index contributed by atoms with van der Waals surface area (Å²) in [6, 6.07) is 19.8. The van der Waals surface area contributed by atoms with E-state index in [-0.39, 0.29) is 11.9 Å². The molecule has 0 radical (unpaired) electrons. The first-order chi connectivity index (χ1) is 16.4. The highest BCUT2D eigenvalue weighted by Crippen LogP contribution is 2.31. The zero-order valence-corrected chi connectivity index (χ0v) is 20.0. The van der Waals surface area contributed by atoms with Crippen LogP contribution in [0.2, 0.25) is 0 Å². The van der Waals surface area contributed by atoms with Crippen molar-refractivity contribution in [2.45, 2.75) is 32.7 Å². The van der Waals surface area contributed by atoms with E-state index in [9.17, 15) is 4.79 Å². The minimum atomic E-state index is -0.00280. The number of piperidine rings is 1. The Balaban J connectivity index is 1.50. The summed E-state index contributed by atoms with van der Waals surface area (Å²) in [5.74, 6) is 1.42. The Kier molecular flexibility index (Phi) is 7.28. The van der Waals surface area contributed by atoms with Crippen LogP contribution in [-0.4, -0.2) is 37.8 Å². The number of rotatable bonds is 7. The molecule has 4 N–H and O–H groups in total. The van der Waals surface area contributed by atoms with Crippen molar-refractivity contribution in [2.75, 3.05) is 25.5 Å². The van der Waals surface area contributed by atoms with Crippen LogP contribution in [0.1, 0.15) is 41.3 Å². The number of carbonyl (C=O) groups excluding carboxylic acids is 1. The van der Waals surface area contributed by atoms with Crippen LogP contribution in [0.25, 0.3) is 11.1 Å². The predicted octanol–water partition coefficient (Wildman–Crippen LogP) is 5.37. The summed E-state index contributed by atoms with van der Waals surface area (Å²) in [5.41, 5.74) is 5.93. The highest BCUT2D eigenvalue weighted by molar-refractivity contribution is 6.01. The van der Waals surface area contributed by atoms with Crippen LogP contribution in [0.4, 0.5) is 5.69 Å². The van der Waals surface area contributed by atoms with Gasteiger partial charge in [0, 0.05) is 41.7 Å². The summed E-state index contributed by atoms with van der Waals surface area (Å²) in [5, 5.41) is 17.5. The molecule has 0 bridgehead atoms. The third-order valence-electron chi connectivity index (χ3n) is 6.21. The van der Waals surface area contributed by atoms with Gasteiger partial charge in [0.25, 0.3) is 5.91 Å². The Bertz CT molecular complexity index is 1200. The summed E-state index contributed by atoms with van der Waals surface area (Å²) >= 11 is 0. The molecule has 0 unspecified atom stereocenters. The third-order valence-corrected chi connectivity index (χ3v) is 6.21. The third kappa shape index (κ3) is 5.46. The fourth-order valence-corrected chi connectivity index (χ4v) is 4.32. The molecule has 3 aromatic carbocycles. The first-order valence-electron chi connectivity index (χ1n) is 11.7. The van der Waals surface area contributed by atoms with Crippen LogP contribution >= 0.6 is 0 Å². The van der Waals surface area contributed by atoms with Crippen LogP contribution in [0, 0.1) is 12.3 Å². The molecular weight excluding hydrogens is 424 g/mol. The van der Waals surface area contributed by atoms with Crippen molar-refractivity contribution in [3.63, 3.8) is 0 Å². The van der Waals surface area contributed by atoms with Crippen LogP contribution in [0.3, 0.4) is 0 Å². The van der Waals surface area contributed by atoms with Crippen molar-refractivity contribution < 1.29 is 9.53 Å². The normalized spacial score (nSPS) is 13.9. The molecule has 6 heteroatoms. The molecule has 3 aromatic rings. The van der Waals surface area contributed by atoms with Gasteiger partial charge in [-0.1, -0.05) is 24.3 Å². The standard InChI is InChI=1S/C28H32N4O2/c1-18-15-21(7-9-25(18)28(33)32-22-11-13-31-14-12-22)20-5-4-6-23(16-20)34-24-8-10-26(19(2)29)27(17-24)30-3/h4-10,15-17,22,29-31H,11-14H2,1-3H3,(H,32,33). The quantitative estimate of drug-likeness (QED) is 0.360. The molecule has 0 spiro atoms. The molecule has 4 rings (SSSR count).